The number of anilines is 2. The number of carboxylic acids is 1. The molecule has 2 rings (SSSR count). The highest BCUT2D eigenvalue weighted by Crippen LogP contribution is 2.24. The Balaban J connectivity index is 2.30. The maximum Gasteiger partial charge on any atom is 0.328 e. The summed E-state index contributed by atoms with van der Waals surface area (Å²) < 4.78 is 25.2. The van der Waals surface area contributed by atoms with Gasteiger partial charge in [0.1, 0.15) is 0 Å². The van der Waals surface area contributed by atoms with E-state index >= 15 is 0 Å². The molecule has 0 spiro atoms. The number of benzene rings is 2. The Kier molecular flexibility index (Phi) is 5.00. The third kappa shape index (κ3) is 4.20. The van der Waals surface area contributed by atoms with E-state index in [2.05, 4.69) is 5.32 Å². The minimum Gasteiger partial charge on any atom is -0.478 e. The highest BCUT2D eigenvalue weighted by molar-refractivity contribution is 7.91. The molecule has 0 aliphatic rings. The van der Waals surface area contributed by atoms with Crippen LogP contribution in [0, 0.1) is 0 Å². The van der Waals surface area contributed by atoms with Crippen LogP contribution in [0.15, 0.2) is 70.5 Å². The van der Waals surface area contributed by atoms with E-state index in [9.17, 15) is 18.0 Å². The van der Waals surface area contributed by atoms with Gasteiger partial charge >= 0.3 is 5.97 Å². The Labute approximate surface area is 138 Å². The van der Waals surface area contributed by atoms with Gasteiger partial charge in [0.25, 0.3) is 0 Å². The van der Waals surface area contributed by atoms with Crippen LogP contribution in [0.25, 0.3) is 0 Å². The summed E-state index contributed by atoms with van der Waals surface area (Å²) in [6, 6.07) is 11.5. The number of carboxylic acid groups (broad SMARTS) is 1. The number of carbonyl (C=O) groups excluding carboxylic acids is 1. The fraction of sp³-hybridized carbons (Fsp3) is 0. The molecule has 2 aromatic carbocycles. The molecule has 24 heavy (non-hydrogen) atoms. The minimum atomic E-state index is -3.79. The van der Waals surface area contributed by atoms with Crippen molar-refractivity contribution in [3.63, 3.8) is 0 Å². The number of sulfone groups is 1. The smallest absolute Gasteiger partial charge is 0.328 e. The van der Waals surface area contributed by atoms with E-state index in [-0.39, 0.29) is 15.5 Å². The molecule has 124 valence electrons. The second-order valence-corrected chi connectivity index (χ2v) is 6.71. The molecule has 0 unspecified atom stereocenters. The third-order valence-corrected chi connectivity index (χ3v) is 4.71. The predicted molar refractivity (Wildman–Crippen MR) is 88.2 cm³/mol. The van der Waals surface area contributed by atoms with Crippen molar-refractivity contribution >= 4 is 33.1 Å². The van der Waals surface area contributed by atoms with Crippen LogP contribution in [-0.4, -0.2) is 25.4 Å². The summed E-state index contributed by atoms with van der Waals surface area (Å²) >= 11 is 0. The normalized spacial score (nSPS) is 11.3. The molecule has 7 nitrogen and oxygen atoms in total. The highest BCUT2D eigenvalue weighted by atomic mass is 32.2. The first kappa shape index (κ1) is 17.2. The summed E-state index contributed by atoms with van der Waals surface area (Å²) in [5, 5.41) is 10.9. The average molecular weight is 346 g/mol. The van der Waals surface area contributed by atoms with Gasteiger partial charge in [-0.3, -0.25) is 4.79 Å². The van der Waals surface area contributed by atoms with Crippen LogP contribution < -0.4 is 11.1 Å². The number of rotatable bonds is 5. The molecule has 0 saturated heterocycles. The Morgan fingerprint density at radius 2 is 1.62 bits per heavy atom. The van der Waals surface area contributed by atoms with Crippen LogP contribution in [0.3, 0.4) is 0 Å². The second kappa shape index (κ2) is 6.97. The van der Waals surface area contributed by atoms with Crippen molar-refractivity contribution in [3.05, 3.63) is 60.7 Å². The summed E-state index contributed by atoms with van der Waals surface area (Å²) in [7, 11) is -3.79. The topological polar surface area (TPSA) is 127 Å². The molecule has 0 radical (unpaired) electrons. The fourth-order valence-corrected chi connectivity index (χ4v) is 3.25. The van der Waals surface area contributed by atoms with E-state index in [0.29, 0.717) is 11.8 Å². The van der Waals surface area contributed by atoms with Crippen molar-refractivity contribution in [2.24, 2.45) is 0 Å². The number of hydrogen-bond donors (Lipinski definition) is 3. The summed E-state index contributed by atoms with van der Waals surface area (Å²) in [6.07, 6.45) is 1.52. The second-order valence-electron chi connectivity index (χ2n) is 4.76. The maximum atomic E-state index is 12.6. The lowest BCUT2D eigenvalue weighted by molar-refractivity contribution is -0.131. The fourth-order valence-electron chi connectivity index (χ4n) is 1.89. The van der Waals surface area contributed by atoms with Crippen LogP contribution in [-0.2, 0) is 19.4 Å². The van der Waals surface area contributed by atoms with Crippen LogP contribution in [0.1, 0.15) is 0 Å². The van der Waals surface area contributed by atoms with E-state index in [1.54, 1.807) is 6.07 Å². The average Bonchev–Trinajstić information content (AvgIpc) is 2.53. The van der Waals surface area contributed by atoms with Crippen LogP contribution in [0.5, 0.6) is 0 Å². The van der Waals surface area contributed by atoms with Crippen molar-refractivity contribution in [3.8, 4) is 0 Å². The van der Waals surface area contributed by atoms with Gasteiger partial charge < -0.3 is 16.2 Å². The first-order chi connectivity index (χ1) is 11.3. The van der Waals surface area contributed by atoms with Crippen molar-refractivity contribution in [2.75, 3.05) is 11.1 Å². The third-order valence-electron chi connectivity index (χ3n) is 2.96. The summed E-state index contributed by atoms with van der Waals surface area (Å²) in [5.74, 6) is -1.95. The van der Waals surface area contributed by atoms with Gasteiger partial charge in [0.05, 0.1) is 9.79 Å². The number of amides is 1. The van der Waals surface area contributed by atoms with Crippen LogP contribution in [0.2, 0.25) is 0 Å². The number of nitrogens with two attached hydrogens (primary N) is 1. The van der Waals surface area contributed by atoms with Gasteiger partial charge in [0, 0.05) is 23.5 Å². The lowest BCUT2D eigenvalue weighted by atomic mass is 10.3. The molecule has 1 amide bonds. The molecular weight excluding hydrogens is 332 g/mol. The standard InChI is InChI=1S/C16H14N2O5S/c17-11-3-1-5-13(9-11)24(22,23)14-6-2-4-12(10-14)18-15(19)7-8-16(20)21/h1-10H,17H2,(H,18,19)(H,20,21)/b8-7-. The summed E-state index contributed by atoms with van der Waals surface area (Å²) in [4.78, 5) is 22.0. The van der Waals surface area contributed by atoms with Crippen molar-refractivity contribution in [2.45, 2.75) is 9.79 Å². The molecule has 0 fully saturated rings. The largest absolute Gasteiger partial charge is 0.478 e. The monoisotopic (exact) mass is 346 g/mol. The van der Waals surface area contributed by atoms with Gasteiger partial charge in [-0.1, -0.05) is 12.1 Å². The molecule has 0 aliphatic carbocycles. The van der Waals surface area contributed by atoms with E-state index in [1.807, 2.05) is 0 Å². The van der Waals surface area contributed by atoms with Crippen molar-refractivity contribution in [1.29, 1.82) is 0 Å². The van der Waals surface area contributed by atoms with E-state index in [0.717, 1.165) is 6.08 Å². The summed E-state index contributed by atoms with van der Waals surface area (Å²) in [5.41, 5.74) is 6.15. The SMILES string of the molecule is Nc1cccc(S(=O)(=O)c2cccc(NC(=O)/C=C\C(=O)O)c2)c1. The molecular formula is C16H14N2O5S. The summed E-state index contributed by atoms with van der Waals surface area (Å²) in [6.45, 7) is 0. The molecule has 0 saturated carbocycles. The van der Waals surface area contributed by atoms with Crippen molar-refractivity contribution < 1.29 is 23.1 Å². The molecule has 8 heteroatoms. The lowest BCUT2D eigenvalue weighted by Crippen LogP contribution is -2.10. The zero-order valence-corrected chi connectivity index (χ0v) is 13.2. The number of carbonyl (C=O) groups is 2. The Hall–Kier alpha value is -3.13. The number of hydrogen-bond acceptors (Lipinski definition) is 5. The number of nitrogen functional groups attached to an aromatic ring is 1. The molecule has 0 heterocycles. The van der Waals surface area contributed by atoms with E-state index in [4.69, 9.17) is 10.8 Å². The number of nitrogens with one attached hydrogen (secondary N) is 1. The number of aliphatic carboxylic acids is 1. The van der Waals surface area contributed by atoms with Gasteiger partial charge in [0.15, 0.2) is 0 Å². The van der Waals surface area contributed by atoms with E-state index < -0.39 is 21.7 Å². The van der Waals surface area contributed by atoms with Gasteiger partial charge in [-0.05, 0) is 36.4 Å². The Morgan fingerprint density at radius 3 is 2.25 bits per heavy atom. The zero-order valence-electron chi connectivity index (χ0n) is 12.3. The first-order valence-corrected chi connectivity index (χ1v) is 8.20. The van der Waals surface area contributed by atoms with E-state index in [1.165, 1.54) is 42.5 Å². The predicted octanol–water partition coefficient (Wildman–Crippen LogP) is 1.68. The molecule has 0 bridgehead atoms. The first-order valence-electron chi connectivity index (χ1n) is 6.72. The molecule has 0 aromatic heterocycles. The Morgan fingerprint density at radius 1 is 1.00 bits per heavy atom. The van der Waals surface area contributed by atoms with Gasteiger partial charge in [-0.2, -0.15) is 0 Å². The Bertz CT molecular complexity index is 920. The van der Waals surface area contributed by atoms with Crippen LogP contribution in [0.4, 0.5) is 11.4 Å². The van der Waals surface area contributed by atoms with Gasteiger partial charge in [0.2, 0.25) is 15.7 Å². The van der Waals surface area contributed by atoms with Gasteiger partial charge in [-0.25, -0.2) is 13.2 Å². The molecule has 0 aliphatic heterocycles. The van der Waals surface area contributed by atoms with Gasteiger partial charge in [-0.15, -0.1) is 0 Å². The lowest BCUT2D eigenvalue weighted by Gasteiger charge is -2.08. The zero-order chi connectivity index (χ0) is 17.7. The quantitative estimate of drug-likeness (QED) is 0.558. The maximum absolute atomic E-state index is 12.6. The van der Waals surface area contributed by atoms with Crippen LogP contribution >= 0.6 is 0 Å². The van der Waals surface area contributed by atoms with Crippen molar-refractivity contribution in [1.82, 2.24) is 0 Å². The molecule has 2 aromatic rings. The highest BCUT2D eigenvalue weighted by Gasteiger charge is 2.18. The molecule has 4 N–H and O–H groups in total. The molecule has 0 atom stereocenters. The minimum absolute atomic E-state index is 0.0203.